The summed E-state index contributed by atoms with van der Waals surface area (Å²) < 4.78 is 16.4. The highest BCUT2D eigenvalue weighted by molar-refractivity contribution is 7.14. The molecule has 1 atom stereocenters. The van der Waals surface area contributed by atoms with Gasteiger partial charge in [-0.15, -0.1) is 11.3 Å². The Hall–Kier alpha value is -3.06. The lowest BCUT2D eigenvalue weighted by Gasteiger charge is -2.14. The van der Waals surface area contributed by atoms with Crippen LogP contribution in [0.15, 0.2) is 47.8 Å². The molecule has 3 rings (SSSR count). The number of nitrogens with zero attached hydrogens (tertiary/aromatic N) is 1. The number of nitrogens with one attached hydrogen (secondary N) is 1. The van der Waals surface area contributed by atoms with Crippen molar-refractivity contribution in [3.05, 3.63) is 53.4 Å². The van der Waals surface area contributed by atoms with Crippen LogP contribution < -0.4 is 19.5 Å². The fourth-order valence-corrected chi connectivity index (χ4v) is 3.34. The number of carbonyl (C=O) groups is 1. The Morgan fingerprint density at radius 2 is 1.93 bits per heavy atom. The van der Waals surface area contributed by atoms with Gasteiger partial charge in [0.05, 0.1) is 19.9 Å². The van der Waals surface area contributed by atoms with Crippen molar-refractivity contribution in [2.45, 2.75) is 20.0 Å². The van der Waals surface area contributed by atoms with Gasteiger partial charge in [-0.3, -0.25) is 10.1 Å². The minimum Gasteiger partial charge on any atom is -0.497 e. The van der Waals surface area contributed by atoms with Gasteiger partial charge in [-0.1, -0.05) is 12.1 Å². The van der Waals surface area contributed by atoms with Crippen LogP contribution in [0, 0.1) is 6.92 Å². The zero-order chi connectivity index (χ0) is 20.1. The van der Waals surface area contributed by atoms with E-state index in [-0.39, 0.29) is 5.91 Å². The molecule has 1 N–H and O–H groups in total. The molecule has 28 heavy (non-hydrogen) atoms. The molecule has 0 aliphatic carbocycles. The van der Waals surface area contributed by atoms with Gasteiger partial charge in [-0.25, -0.2) is 4.98 Å². The van der Waals surface area contributed by atoms with Crippen LogP contribution in [0.5, 0.6) is 17.2 Å². The van der Waals surface area contributed by atoms with E-state index < -0.39 is 6.10 Å². The minimum atomic E-state index is -0.652. The average molecular weight is 398 g/mol. The molecule has 1 amide bonds. The summed E-state index contributed by atoms with van der Waals surface area (Å²) in [7, 11) is 3.21. The molecule has 0 radical (unpaired) electrons. The van der Waals surface area contributed by atoms with Gasteiger partial charge in [0.25, 0.3) is 5.91 Å². The van der Waals surface area contributed by atoms with E-state index in [1.54, 1.807) is 21.1 Å². The smallest absolute Gasteiger partial charge is 0.266 e. The second-order valence-corrected chi connectivity index (χ2v) is 7.03. The number of hydrogen-bond donors (Lipinski definition) is 1. The van der Waals surface area contributed by atoms with Crippen molar-refractivity contribution in [2.24, 2.45) is 0 Å². The standard InChI is InChI=1S/C21H22N2O4S/c1-13-6-5-7-16(10-13)27-14(2)20(24)23-21-22-18(12-28-21)17-11-15(25-3)8-9-19(17)26-4/h5-12,14H,1-4H3,(H,22,23,24)/t14-/m0/s1. The van der Waals surface area contributed by atoms with Crippen molar-refractivity contribution in [2.75, 3.05) is 19.5 Å². The number of thiazole rings is 1. The van der Waals surface area contributed by atoms with Crippen LogP contribution in [0.25, 0.3) is 11.3 Å². The summed E-state index contributed by atoms with van der Waals surface area (Å²) >= 11 is 1.34. The van der Waals surface area contributed by atoms with Gasteiger partial charge in [0.1, 0.15) is 17.2 Å². The first-order valence-electron chi connectivity index (χ1n) is 8.72. The zero-order valence-electron chi connectivity index (χ0n) is 16.2. The van der Waals surface area contributed by atoms with Crippen LogP contribution in [-0.4, -0.2) is 31.2 Å². The number of carbonyl (C=O) groups excluding carboxylic acids is 1. The monoisotopic (exact) mass is 398 g/mol. The molecule has 0 aliphatic rings. The number of anilines is 1. The Morgan fingerprint density at radius 1 is 1.11 bits per heavy atom. The zero-order valence-corrected chi connectivity index (χ0v) is 17.0. The maximum absolute atomic E-state index is 12.5. The van der Waals surface area contributed by atoms with Crippen molar-refractivity contribution in [3.8, 4) is 28.5 Å². The minimum absolute atomic E-state index is 0.264. The molecule has 6 nitrogen and oxygen atoms in total. The summed E-state index contributed by atoms with van der Waals surface area (Å²) in [6.07, 6.45) is -0.652. The van der Waals surface area contributed by atoms with E-state index in [9.17, 15) is 4.79 Å². The predicted octanol–water partition coefficient (Wildman–Crippen LogP) is 4.54. The lowest BCUT2D eigenvalue weighted by atomic mass is 10.1. The Kier molecular flexibility index (Phi) is 6.16. The topological polar surface area (TPSA) is 69.7 Å². The largest absolute Gasteiger partial charge is 0.497 e. The molecule has 2 aromatic carbocycles. The van der Waals surface area contributed by atoms with Gasteiger partial charge in [0.15, 0.2) is 11.2 Å². The molecule has 0 unspecified atom stereocenters. The van der Waals surface area contributed by atoms with Gasteiger partial charge in [-0.05, 0) is 49.7 Å². The van der Waals surface area contributed by atoms with E-state index in [0.29, 0.717) is 28.1 Å². The number of aromatic nitrogens is 1. The summed E-state index contributed by atoms with van der Waals surface area (Å²) in [6.45, 7) is 3.68. The van der Waals surface area contributed by atoms with Crippen LogP contribution in [0.3, 0.4) is 0 Å². The third-order valence-corrected chi connectivity index (χ3v) is 4.85. The summed E-state index contributed by atoms with van der Waals surface area (Å²) in [5.41, 5.74) is 2.56. The van der Waals surface area contributed by atoms with Crippen molar-refractivity contribution < 1.29 is 19.0 Å². The summed E-state index contributed by atoms with van der Waals surface area (Å²) in [4.78, 5) is 17.0. The molecule has 7 heteroatoms. The maximum Gasteiger partial charge on any atom is 0.266 e. The number of ether oxygens (including phenoxy) is 3. The van der Waals surface area contributed by atoms with E-state index >= 15 is 0 Å². The van der Waals surface area contributed by atoms with Crippen LogP contribution in [0.2, 0.25) is 0 Å². The molecule has 1 aromatic heterocycles. The Labute approximate surface area is 168 Å². The van der Waals surface area contributed by atoms with E-state index in [1.807, 2.05) is 54.8 Å². The van der Waals surface area contributed by atoms with E-state index in [4.69, 9.17) is 14.2 Å². The summed E-state index contributed by atoms with van der Waals surface area (Å²) in [5, 5.41) is 5.15. The second-order valence-electron chi connectivity index (χ2n) is 6.17. The summed E-state index contributed by atoms with van der Waals surface area (Å²) in [5.74, 6) is 1.78. The third kappa shape index (κ3) is 4.61. The fourth-order valence-electron chi connectivity index (χ4n) is 2.62. The molecule has 0 bridgehead atoms. The Bertz CT molecular complexity index is 971. The fraction of sp³-hybridized carbons (Fsp3) is 0.238. The highest BCUT2D eigenvalue weighted by Crippen LogP contribution is 2.35. The lowest BCUT2D eigenvalue weighted by molar-refractivity contribution is -0.122. The molecule has 0 saturated heterocycles. The maximum atomic E-state index is 12.5. The van der Waals surface area contributed by atoms with E-state index in [1.165, 1.54) is 11.3 Å². The van der Waals surface area contributed by atoms with Gasteiger partial charge >= 0.3 is 0 Å². The molecular weight excluding hydrogens is 376 g/mol. The molecule has 0 saturated carbocycles. The number of benzene rings is 2. The lowest BCUT2D eigenvalue weighted by Crippen LogP contribution is -2.30. The second kappa shape index (κ2) is 8.75. The van der Waals surface area contributed by atoms with E-state index in [0.717, 1.165) is 11.1 Å². The Morgan fingerprint density at radius 3 is 2.64 bits per heavy atom. The molecule has 0 spiro atoms. The van der Waals surface area contributed by atoms with Gasteiger partial charge in [-0.2, -0.15) is 0 Å². The normalized spacial score (nSPS) is 11.6. The van der Waals surface area contributed by atoms with Crippen LogP contribution in [0.4, 0.5) is 5.13 Å². The number of amides is 1. The first-order chi connectivity index (χ1) is 13.5. The highest BCUT2D eigenvalue weighted by Gasteiger charge is 2.18. The first-order valence-corrected chi connectivity index (χ1v) is 9.60. The van der Waals surface area contributed by atoms with Crippen LogP contribution in [-0.2, 0) is 4.79 Å². The predicted molar refractivity (Wildman–Crippen MR) is 111 cm³/mol. The van der Waals surface area contributed by atoms with Crippen LogP contribution >= 0.6 is 11.3 Å². The van der Waals surface area contributed by atoms with E-state index in [2.05, 4.69) is 10.3 Å². The number of methoxy groups -OCH3 is 2. The molecule has 146 valence electrons. The SMILES string of the molecule is COc1ccc(OC)c(-c2csc(NC(=O)[C@H](C)Oc3cccc(C)c3)n2)c1. The van der Waals surface area contributed by atoms with Crippen molar-refractivity contribution >= 4 is 22.4 Å². The van der Waals surface area contributed by atoms with Crippen molar-refractivity contribution in [3.63, 3.8) is 0 Å². The van der Waals surface area contributed by atoms with Crippen molar-refractivity contribution in [1.82, 2.24) is 4.98 Å². The third-order valence-electron chi connectivity index (χ3n) is 4.09. The number of aryl methyl sites for hydroxylation is 1. The van der Waals surface area contributed by atoms with Gasteiger partial charge in [0.2, 0.25) is 0 Å². The quantitative estimate of drug-likeness (QED) is 0.633. The van der Waals surface area contributed by atoms with Crippen LogP contribution in [0.1, 0.15) is 12.5 Å². The number of rotatable bonds is 7. The summed E-state index contributed by atoms with van der Waals surface area (Å²) in [6, 6.07) is 13.1. The highest BCUT2D eigenvalue weighted by atomic mass is 32.1. The molecule has 3 aromatic rings. The van der Waals surface area contributed by atoms with Crippen molar-refractivity contribution in [1.29, 1.82) is 0 Å². The molecule has 0 aliphatic heterocycles. The average Bonchev–Trinajstić information content (AvgIpc) is 3.15. The molecule has 1 heterocycles. The van der Waals surface area contributed by atoms with Gasteiger partial charge < -0.3 is 14.2 Å². The van der Waals surface area contributed by atoms with Gasteiger partial charge in [0, 0.05) is 10.9 Å². The number of hydrogen-bond acceptors (Lipinski definition) is 6. The molecule has 0 fully saturated rings. The molecular formula is C21H22N2O4S. The Balaban J connectivity index is 1.71. The first kappa shape index (κ1) is 19.7.